The quantitative estimate of drug-likeness (QED) is 0.822. The minimum absolute atomic E-state index is 0.0565. The van der Waals surface area contributed by atoms with Crippen LogP contribution in [0.1, 0.15) is 13.3 Å². The zero-order valence-corrected chi connectivity index (χ0v) is 11.9. The molecule has 1 rings (SSSR count). The van der Waals surface area contributed by atoms with Gasteiger partial charge in [-0.3, -0.25) is 5.32 Å². The monoisotopic (exact) mass is 266 g/mol. The molecule has 6 nitrogen and oxygen atoms in total. The highest BCUT2D eigenvalue weighted by Gasteiger charge is 2.07. The van der Waals surface area contributed by atoms with Crippen LogP contribution in [0.2, 0.25) is 0 Å². The third kappa shape index (κ3) is 5.56. The van der Waals surface area contributed by atoms with Gasteiger partial charge in [-0.2, -0.15) is 0 Å². The molecule has 0 fully saturated rings. The van der Waals surface area contributed by atoms with Crippen LogP contribution >= 0.6 is 0 Å². The first-order valence-corrected chi connectivity index (χ1v) is 6.22. The van der Waals surface area contributed by atoms with Crippen molar-refractivity contribution in [2.75, 3.05) is 38.0 Å². The van der Waals surface area contributed by atoms with E-state index in [-0.39, 0.29) is 12.1 Å². The van der Waals surface area contributed by atoms with E-state index in [1.807, 2.05) is 32.0 Å². The van der Waals surface area contributed by atoms with E-state index >= 15 is 0 Å². The summed E-state index contributed by atoms with van der Waals surface area (Å²) in [5.41, 5.74) is 0.986. The van der Waals surface area contributed by atoms with Crippen LogP contribution in [0.15, 0.2) is 18.3 Å². The van der Waals surface area contributed by atoms with Gasteiger partial charge in [0.2, 0.25) is 0 Å². The SMILES string of the molecule is COCC[C@@H](C)NC(=O)Nc1ccc(N(C)C)cn1. The topological polar surface area (TPSA) is 66.5 Å². The number of hydrogen-bond donors (Lipinski definition) is 2. The van der Waals surface area contributed by atoms with Crippen molar-refractivity contribution < 1.29 is 9.53 Å². The fourth-order valence-electron chi connectivity index (χ4n) is 1.47. The average Bonchev–Trinajstić information content (AvgIpc) is 2.36. The van der Waals surface area contributed by atoms with Gasteiger partial charge < -0.3 is 15.0 Å². The Morgan fingerprint density at radius 1 is 1.47 bits per heavy atom. The van der Waals surface area contributed by atoms with Crippen molar-refractivity contribution in [3.8, 4) is 0 Å². The molecule has 0 spiro atoms. The number of amides is 2. The molecule has 0 aliphatic rings. The molecule has 1 heterocycles. The number of methoxy groups -OCH3 is 1. The molecular weight excluding hydrogens is 244 g/mol. The molecule has 1 aromatic heterocycles. The largest absolute Gasteiger partial charge is 0.385 e. The first kappa shape index (κ1) is 15.2. The van der Waals surface area contributed by atoms with Crippen LogP contribution in [0.25, 0.3) is 0 Å². The fourth-order valence-corrected chi connectivity index (χ4v) is 1.47. The van der Waals surface area contributed by atoms with Crippen molar-refractivity contribution in [3.05, 3.63) is 18.3 Å². The van der Waals surface area contributed by atoms with Crippen LogP contribution in [-0.4, -0.2) is 44.9 Å². The summed E-state index contributed by atoms with van der Waals surface area (Å²) in [6.45, 7) is 2.55. The van der Waals surface area contributed by atoms with E-state index in [1.54, 1.807) is 19.4 Å². The third-order valence-electron chi connectivity index (χ3n) is 2.64. The van der Waals surface area contributed by atoms with Gasteiger partial charge in [0.15, 0.2) is 0 Å². The second-order valence-electron chi connectivity index (χ2n) is 4.58. The van der Waals surface area contributed by atoms with E-state index in [0.717, 1.165) is 12.1 Å². The molecule has 0 aliphatic heterocycles. The summed E-state index contributed by atoms with van der Waals surface area (Å²) in [6.07, 6.45) is 2.49. The van der Waals surface area contributed by atoms with E-state index in [9.17, 15) is 4.79 Å². The van der Waals surface area contributed by atoms with Gasteiger partial charge in [0.05, 0.1) is 11.9 Å². The minimum Gasteiger partial charge on any atom is -0.385 e. The fraction of sp³-hybridized carbons (Fsp3) is 0.538. The van der Waals surface area contributed by atoms with Crippen molar-refractivity contribution in [2.24, 2.45) is 0 Å². The van der Waals surface area contributed by atoms with Gasteiger partial charge in [-0.05, 0) is 25.5 Å². The van der Waals surface area contributed by atoms with E-state index in [4.69, 9.17) is 4.74 Å². The maximum Gasteiger partial charge on any atom is 0.320 e. The number of nitrogens with zero attached hydrogens (tertiary/aromatic N) is 2. The van der Waals surface area contributed by atoms with Gasteiger partial charge in [-0.1, -0.05) is 0 Å². The van der Waals surface area contributed by atoms with Crippen LogP contribution in [0.3, 0.4) is 0 Å². The lowest BCUT2D eigenvalue weighted by Crippen LogP contribution is -2.36. The van der Waals surface area contributed by atoms with Crippen LogP contribution < -0.4 is 15.5 Å². The third-order valence-corrected chi connectivity index (χ3v) is 2.64. The summed E-state index contributed by atoms with van der Waals surface area (Å²) in [4.78, 5) is 17.8. The Balaban J connectivity index is 2.43. The molecule has 2 N–H and O–H groups in total. The average molecular weight is 266 g/mol. The number of aromatic nitrogens is 1. The molecule has 2 amide bonds. The van der Waals surface area contributed by atoms with Gasteiger partial charge in [-0.25, -0.2) is 9.78 Å². The van der Waals surface area contributed by atoms with Crippen LogP contribution in [0.5, 0.6) is 0 Å². The highest BCUT2D eigenvalue weighted by molar-refractivity contribution is 5.88. The molecule has 0 saturated carbocycles. The van der Waals surface area contributed by atoms with E-state index < -0.39 is 0 Å². The molecule has 0 aliphatic carbocycles. The predicted molar refractivity (Wildman–Crippen MR) is 76.7 cm³/mol. The lowest BCUT2D eigenvalue weighted by atomic mass is 10.2. The molecule has 6 heteroatoms. The number of hydrogen-bond acceptors (Lipinski definition) is 4. The van der Waals surface area contributed by atoms with Crippen molar-refractivity contribution in [3.63, 3.8) is 0 Å². The lowest BCUT2D eigenvalue weighted by molar-refractivity contribution is 0.185. The standard InChI is InChI=1S/C13H22N4O2/c1-10(7-8-19-4)15-13(18)16-12-6-5-11(9-14-12)17(2)3/h5-6,9-10H,7-8H2,1-4H3,(H2,14,15,16,18)/t10-/m1/s1. The summed E-state index contributed by atoms with van der Waals surface area (Å²) in [5, 5.41) is 5.51. The zero-order chi connectivity index (χ0) is 14.3. The molecule has 1 atom stereocenters. The number of anilines is 2. The highest BCUT2D eigenvalue weighted by atomic mass is 16.5. The summed E-state index contributed by atoms with van der Waals surface area (Å²) >= 11 is 0. The summed E-state index contributed by atoms with van der Waals surface area (Å²) in [5.74, 6) is 0.530. The van der Waals surface area contributed by atoms with Crippen molar-refractivity contribution >= 4 is 17.5 Å². The second kappa shape index (κ2) is 7.58. The number of pyridine rings is 1. The van der Waals surface area contributed by atoms with E-state index in [2.05, 4.69) is 15.6 Å². The Hall–Kier alpha value is -1.82. The number of rotatable bonds is 6. The Labute approximate surface area is 114 Å². The minimum atomic E-state index is -0.256. The van der Waals surface area contributed by atoms with Crippen LogP contribution in [0.4, 0.5) is 16.3 Å². The zero-order valence-electron chi connectivity index (χ0n) is 11.9. The summed E-state index contributed by atoms with van der Waals surface area (Å²) in [7, 11) is 5.52. The Kier molecular flexibility index (Phi) is 6.08. The van der Waals surface area contributed by atoms with Crippen LogP contribution in [0, 0.1) is 0 Å². The Morgan fingerprint density at radius 2 is 2.21 bits per heavy atom. The van der Waals surface area contributed by atoms with Crippen molar-refractivity contribution in [2.45, 2.75) is 19.4 Å². The number of carbonyl (C=O) groups is 1. The Bertz CT molecular complexity index is 392. The van der Waals surface area contributed by atoms with Crippen molar-refractivity contribution in [1.82, 2.24) is 10.3 Å². The summed E-state index contributed by atoms with van der Waals surface area (Å²) < 4.78 is 4.96. The summed E-state index contributed by atoms with van der Waals surface area (Å²) in [6, 6.07) is 3.47. The molecule has 1 aromatic rings. The van der Waals surface area contributed by atoms with Gasteiger partial charge in [-0.15, -0.1) is 0 Å². The Morgan fingerprint density at radius 3 is 2.74 bits per heavy atom. The molecule has 0 radical (unpaired) electrons. The first-order chi connectivity index (χ1) is 9.02. The molecule has 0 unspecified atom stereocenters. The number of nitrogens with one attached hydrogen (secondary N) is 2. The normalized spacial score (nSPS) is 11.8. The van der Waals surface area contributed by atoms with Gasteiger partial charge in [0.25, 0.3) is 0 Å². The van der Waals surface area contributed by atoms with E-state index in [0.29, 0.717) is 12.4 Å². The van der Waals surface area contributed by atoms with Crippen LogP contribution in [-0.2, 0) is 4.74 Å². The molecule has 106 valence electrons. The first-order valence-electron chi connectivity index (χ1n) is 6.22. The maximum atomic E-state index is 11.7. The molecule has 0 saturated heterocycles. The van der Waals surface area contributed by atoms with Gasteiger partial charge in [0.1, 0.15) is 5.82 Å². The van der Waals surface area contributed by atoms with Gasteiger partial charge in [0, 0.05) is 33.9 Å². The van der Waals surface area contributed by atoms with Crippen molar-refractivity contribution in [1.29, 1.82) is 0 Å². The molecule has 0 aromatic carbocycles. The van der Waals surface area contributed by atoms with Gasteiger partial charge >= 0.3 is 6.03 Å². The number of ether oxygens (including phenoxy) is 1. The number of carbonyl (C=O) groups excluding carboxylic acids is 1. The number of urea groups is 1. The van der Waals surface area contributed by atoms with E-state index in [1.165, 1.54) is 0 Å². The molecule has 0 bridgehead atoms. The second-order valence-corrected chi connectivity index (χ2v) is 4.58. The highest BCUT2D eigenvalue weighted by Crippen LogP contribution is 2.11. The molecular formula is C13H22N4O2. The predicted octanol–water partition coefficient (Wildman–Crippen LogP) is 1.69. The maximum absolute atomic E-state index is 11.7. The molecule has 19 heavy (non-hydrogen) atoms. The smallest absolute Gasteiger partial charge is 0.320 e. The lowest BCUT2D eigenvalue weighted by Gasteiger charge is -2.15.